The van der Waals surface area contributed by atoms with E-state index in [1.54, 1.807) is 0 Å². The molecule has 118 valence electrons. The zero-order valence-electron chi connectivity index (χ0n) is 12.8. The first-order valence-electron chi connectivity index (χ1n) is 8.05. The number of likely N-dealkylation sites (tertiary alicyclic amines) is 1. The van der Waals surface area contributed by atoms with Crippen molar-refractivity contribution in [3.63, 3.8) is 0 Å². The van der Waals surface area contributed by atoms with Gasteiger partial charge < -0.3 is 11.1 Å². The molecule has 0 atom stereocenters. The molecule has 0 saturated carbocycles. The summed E-state index contributed by atoms with van der Waals surface area (Å²) in [6.07, 6.45) is 3.67. The smallest absolute Gasteiger partial charge is 0.220 e. The van der Waals surface area contributed by atoms with E-state index in [4.69, 9.17) is 5.73 Å². The van der Waals surface area contributed by atoms with Crippen molar-refractivity contribution in [1.29, 1.82) is 0 Å². The third kappa shape index (κ3) is 3.30. The lowest BCUT2D eigenvalue weighted by molar-refractivity contribution is -0.123. The lowest BCUT2D eigenvalue weighted by Crippen LogP contribution is -2.40. The number of nitrogens with two attached hydrogens (primary N) is 1. The molecule has 2 heterocycles. The second kappa shape index (κ2) is 6.48. The van der Waals surface area contributed by atoms with Crippen LogP contribution in [0.4, 0.5) is 5.69 Å². The van der Waals surface area contributed by atoms with Crippen LogP contribution >= 0.6 is 0 Å². The maximum Gasteiger partial charge on any atom is 0.220 e. The first-order chi connectivity index (χ1) is 10.6. The molecule has 0 unspecified atom stereocenters. The topological polar surface area (TPSA) is 75.4 Å². The van der Waals surface area contributed by atoms with Gasteiger partial charge in [0.05, 0.1) is 6.54 Å². The summed E-state index contributed by atoms with van der Waals surface area (Å²) < 4.78 is 0. The Morgan fingerprint density at radius 3 is 2.77 bits per heavy atom. The third-order valence-corrected chi connectivity index (χ3v) is 4.72. The summed E-state index contributed by atoms with van der Waals surface area (Å²) >= 11 is 0. The monoisotopic (exact) mass is 301 g/mol. The van der Waals surface area contributed by atoms with Crippen LogP contribution in [0, 0.1) is 5.92 Å². The summed E-state index contributed by atoms with van der Waals surface area (Å²) in [6.45, 7) is 2.98. The van der Waals surface area contributed by atoms with Crippen molar-refractivity contribution in [2.24, 2.45) is 11.7 Å². The number of hydrogen-bond acceptors (Lipinski definition) is 4. The average molecular weight is 301 g/mol. The van der Waals surface area contributed by atoms with Crippen LogP contribution in [0.1, 0.15) is 35.2 Å². The van der Waals surface area contributed by atoms with Crippen molar-refractivity contribution in [2.45, 2.75) is 25.7 Å². The molecule has 22 heavy (non-hydrogen) atoms. The molecule has 3 rings (SSSR count). The Morgan fingerprint density at radius 1 is 1.27 bits per heavy atom. The van der Waals surface area contributed by atoms with Gasteiger partial charge in [-0.3, -0.25) is 14.5 Å². The van der Waals surface area contributed by atoms with Crippen LogP contribution in [0.15, 0.2) is 18.2 Å². The average Bonchev–Trinajstić information content (AvgIpc) is 2.55. The number of rotatable bonds is 4. The minimum atomic E-state index is -0.215. The number of primary amides is 1. The van der Waals surface area contributed by atoms with Crippen molar-refractivity contribution in [1.82, 2.24) is 4.90 Å². The summed E-state index contributed by atoms with van der Waals surface area (Å²) in [7, 11) is 0. The van der Waals surface area contributed by atoms with E-state index in [-0.39, 0.29) is 17.6 Å². The minimum absolute atomic E-state index is 0.0267. The van der Waals surface area contributed by atoms with Gasteiger partial charge in [-0.15, -0.1) is 0 Å². The highest BCUT2D eigenvalue weighted by atomic mass is 16.1. The van der Waals surface area contributed by atoms with Crippen LogP contribution in [0.5, 0.6) is 0 Å². The molecule has 1 aromatic rings. The lowest BCUT2D eigenvalue weighted by atomic mass is 9.95. The van der Waals surface area contributed by atoms with Crippen molar-refractivity contribution in [2.75, 3.05) is 31.5 Å². The molecule has 0 aliphatic carbocycles. The fraction of sp³-hybridized carbons (Fsp3) is 0.529. The van der Waals surface area contributed by atoms with Crippen LogP contribution in [-0.4, -0.2) is 42.8 Å². The van der Waals surface area contributed by atoms with Crippen LogP contribution in [-0.2, 0) is 11.2 Å². The molecule has 2 aliphatic heterocycles. The summed E-state index contributed by atoms with van der Waals surface area (Å²) in [5.74, 6) is -0.0831. The van der Waals surface area contributed by atoms with Gasteiger partial charge in [0, 0.05) is 23.7 Å². The maximum atomic E-state index is 12.5. The molecule has 0 spiro atoms. The number of hydrogen-bond donors (Lipinski definition) is 2. The zero-order valence-corrected chi connectivity index (χ0v) is 12.8. The third-order valence-electron chi connectivity index (χ3n) is 4.72. The van der Waals surface area contributed by atoms with Gasteiger partial charge >= 0.3 is 0 Å². The van der Waals surface area contributed by atoms with Gasteiger partial charge in [-0.1, -0.05) is 0 Å². The van der Waals surface area contributed by atoms with Gasteiger partial charge in [0.15, 0.2) is 5.78 Å². The van der Waals surface area contributed by atoms with Gasteiger partial charge in [0.2, 0.25) is 5.91 Å². The summed E-state index contributed by atoms with van der Waals surface area (Å²) in [5.41, 5.74) is 8.53. The highest BCUT2D eigenvalue weighted by Crippen LogP contribution is 2.23. The lowest BCUT2D eigenvalue weighted by Gasteiger charge is -2.29. The van der Waals surface area contributed by atoms with E-state index in [0.29, 0.717) is 6.54 Å². The molecule has 1 aromatic carbocycles. The second-order valence-corrected chi connectivity index (χ2v) is 6.28. The fourth-order valence-electron chi connectivity index (χ4n) is 3.32. The number of fused-ring (bicyclic) bond motifs is 1. The molecule has 1 amide bonds. The van der Waals surface area contributed by atoms with Gasteiger partial charge in [-0.05, 0) is 62.5 Å². The minimum Gasteiger partial charge on any atom is -0.385 e. The maximum absolute atomic E-state index is 12.5. The van der Waals surface area contributed by atoms with E-state index in [1.165, 1.54) is 5.56 Å². The number of carbonyl (C=O) groups excluding carboxylic acids is 2. The molecule has 5 heteroatoms. The first-order valence-corrected chi connectivity index (χ1v) is 8.05. The number of Topliss-reactive ketones (excluding diaryl/α,β-unsaturated/α-hetero) is 1. The molecule has 1 saturated heterocycles. The Balaban J connectivity index is 1.59. The molecule has 3 N–H and O–H groups in total. The van der Waals surface area contributed by atoms with Gasteiger partial charge in [-0.2, -0.15) is 0 Å². The van der Waals surface area contributed by atoms with E-state index in [0.717, 1.165) is 56.6 Å². The number of nitrogens with zero attached hydrogens (tertiary/aromatic N) is 1. The molecule has 0 aromatic heterocycles. The zero-order chi connectivity index (χ0) is 15.5. The van der Waals surface area contributed by atoms with Gasteiger partial charge in [-0.25, -0.2) is 0 Å². The molecule has 0 radical (unpaired) electrons. The van der Waals surface area contributed by atoms with Gasteiger partial charge in [0.25, 0.3) is 0 Å². The first kappa shape index (κ1) is 15.0. The largest absolute Gasteiger partial charge is 0.385 e. The molecular formula is C17H23N3O2. The Labute approximate surface area is 130 Å². The Kier molecular flexibility index (Phi) is 4.43. The van der Waals surface area contributed by atoms with E-state index in [2.05, 4.69) is 10.2 Å². The van der Waals surface area contributed by atoms with Crippen molar-refractivity contribution in [3.8, 4) is 0 Å². The van der Waals surface area contributed by atoms with Crippen molar-refractivity contribution >= 4 is 17.4 Å². The predicted molar refractivity (Wildman–Crippen MR) is 85.9 cm³/mol. The molecule has 5 nitrogen and oxygen atoms in total. The number of anilines is 1. The number of nitrogens with one attached hydrogen (secondary N) is 1. The fourth-order valence-corrected chi connectivity index (χ4v) is 3.32. The van der Waals surface area contributed by atoms with E-state index >= 15 is 0 Å². The Hall–Kier alpha value is -1.88. The number of aryl methyl sites for hydroxylation is 1. The quantitative estimate of drug-likeness (QED) is 0.825. The SMILES string of the molecule is NC(=O)C1CCN(CC(=O)c2ccc3c(c2)CCCN3)CC1. The number of carbonyl (C=O) groups is 2. The number of amides is 1. The highest BCUT2D eigenvalue weighted by Gasteiger charge is 2.24. The molecule has 2 aliphatic rings. The second-order valence-electron chi connectivity index (χ2n) is 6.28. The molecular weight excluding hydrogens is 278 g/mol. The standard InChI is InChI=1S/C17H23N3O2/c18-17(22)12-5-8-20(9-6-12)11-16(21)14-3-4-15-13(10-14)2-1-7-19-15/h3-4,10,12,19H,1-2,5-9,11H2,(H2,18,22). The molecule has 1 fully saturated rings. The van der Waals surface area contributed by atoms with Crippen LogP contribution in [0.3, 0.4) is 0 Å². The molecule has 0 bridgehead atoms. The van der Waals surface area contributed by atoms with E-state index in [1.807, 2.05) is 18.2 Å². The van der Waals surface area contributed by atoms with E-state index < -0.39 is 0 Å². The van der Waals surface area contributed by atoms with Crippen LogP contribution < -0.4 is 11.1 Å². The highest BCUT2D eigenvalue weighted by molar-refractivity contribution is 5.98. The van der Waals surface area contributed by atoms with Crippen molar-refractivity contribution < 1.29 is 9.59 Å². The Morgan fingerprint density at radius 2 is 2.05 bits per heavy atom. The number of piperidine rings is 1. The number of benzene rings is 1. The summed E-state index contributed by atoms with van der Waals surface area (Å²) in [5, 5.41) is 3.36. The predicted octanol–water partition coefficient (Wildman–Crippen LogP) is 1.42. The van der Waals surface area contributed by atoms with Crippen LogP contribution in [0.2, 0.25) is 0 Å². The number of ketones is 1. The van der Waals surface area contributed by atoms with Crippen molar-refractivity contribution in [3.05, 3.63) is 29.3 Å². The normalized spacial score (nSPS) is 19.3. The summed E-state index contributed by atoms with van der Waals surface area (Å²) in [4.78, 5) is 25.8. The van der Waals surface area contributed by atoms with Crippen LogP contribution in [0.25, 0.3) is 0 Å². The Bertz CT molecular complexity index is 577. The summed E-state index contributed by atoms with van der Waals surface area (Å²) in [6, 6.07) is 5.96. The van der Waals surface area contributed by atoms with E-state index in [9.17, 15) is 9.59 Å². The van der Waals surface area contributed by atoms with Gasteiger partial charge in [0.1, 0.15) is 0 Å².